The number of hydrogen-bond acceptors (Lipinski definition) is 3. The van der Waals surface area contributed by atoms with E-state index in [1.54, 1.807) is 7.11 Å². The van der Waals surface area contributed by atoms with Gasteiger partial charge in [-0.1, -0.05) is 26.7 Å². The molecule has 1 aliphatic rings. The van der Waals surface area contributed by atoms with Crippen LogP contribution in [0.2, 0.25) is 0 Å². The molecule has 0 bridgehead atoms. The van der Waals surface area contributed by atoms with Crippen molar-refractivity contribution >= 4 is 5.69 Å². The van der Waals surface area contributed by atoms with Gasteiger partial charge in [-0.25, -0.2) is 4.98 Å². The lowest BCUT2D eigenvalue weighted by atomic mass is 9.78. The van der Waals surface area contributed by atoms with Gasteiger partial charge in [0.1, 0.15) is 0 Å². The number of aromatic nitrogens is 1. The van der Waals surface area contributed by atoms with Crippen LogP contribution >= 0.6 is 0 Å². The monoisotopic (exact) mass is 248 g/mol. The summed E-state index contributed by atoms with van der Waals surface area (Å²) < 4.78 is 5.08. The number of hydrogen-bond donors (Lipinski definition) is 1. The predicted octanol–water partition coefficient (Wildman–Crippen LogP) is 3.72. The molecule has 2 unspecified atom stereocenters. The fraction of sp³-hybridized carbons (Fsp3) is 0.667. The third-order valence-corrected chi connectivity index (χ3v) is 3.97. The van der Waals surface area contributed by atoms with Gasteiger partial charge in [-0.3, -0.25) is 0 Å². The smallest absolute Gasteiger partial charge is 0.213 e. The molecule has 1 saturated carbocycles. The second kappa shape index (κ2) is 6.07. The maximum absolute atomic E-state index is 5.08. The van der Waals surface area contributed by atoms with Gasteiger partial charge in [0, 0.05) is 12.1 Å². The third kappa shape index (κ3) is 3.15. The molecule has 100 valence electrons. The summed E-state index contributed by atoms with van der Waals surface area (Å²) in [5, 5.41) is 3.65. The number of methoxy groups -OCH3 is 1. The molecule has 0 spiro atoms. The average Bonchev–Trinajstić information content (AvgIpc) is 2.40. The molecule has 1 aromatic rings. The molecule has 1 heterocycles. The number of anilines is 1. The lowest BCUT2D eigenvalue weighted by Gasteiger charge is -2.35. The second-order valence-electron chi connectivity index (χ2n) is 5.53. The summed E-state index contributed by atoms with van der Waals surface area (Å²) in [6.07, 6.45) is 7.20. The van der Waals surface area contributed by atoms with Gasteiger partial charge in [-0.15, -0.1) is 0 Å². The lowest BCUT2D eigenvalue weighted by molar-refractivity contribution is 0.254. The molecule has 18 heavy (non-hydrogen) atoms. The summed E-state index contributed by atoms with van der Waals surface area (Å²) in [5.41, 5.74) is 1.10. The minimum absolute atomic E-state index is 0.592. The van der Waals surface area contributed by atoms with E-state index in [9.17, 15) is 0 Å². The summed E-state index contributed by atoms with van der Waals surface area (Å²) in [6.45, 7) is 4.66. The van der Waals surface area contributed by atoms with E-state index in [1.165, 1.54) is 25.7 Å². The van der Waals surface area contributed by atoms with Gasteiger partial charge in [-0.2, -0.15) is 0 Å². The molecule has 1 fully saturated rings. The molecule has 0 radical (unpaired) electrons. The van der Waals surface area contributed by atoms with Crippen LogP contribution in [-0.2, 0) is 0 Å². The van der Waals surface area contributed by atoms with Crippen LogP contribution < -0.4 is 10.1 Å². The first-order valence-electron chi connectivity index (χ1n) is 6.97. The Balaban J connectivity index is 2.01. The molecule has 2 rings (SSSR count). The fourth-order valence-corrected chi connectivity index (χ4v) is 2.94. The Labute approximate surface area is 110 Å². The molecular formula is C15H24N2O. The van der Waals surface area contributed by atoms with Gasteiger partial charge in [-0.05, 0) is 30.7 Å². The zero-order chi connectivity index (χ0) is 13.0. The molecule has 2 atom stereocenters. The molecule has 0 aliphatic heterocycles. The molecule has 0 amide bonds. The van der Waals surface area contributed by atoms with Gasteiger partial charge in [0.2, 0.25) is 5.88 Å². The van der Waals surface area contributed by atoms with Gasteiger partial charge < -0.3 is 10.1 Å². The maximum atomic E-state index is 5.08. The normalized spacial score (nSPS) is 24.0. The highest BCUT2D eigenvalue weighted by Gasteiger charge is 2.27. The highest BCUT2D eigenvalue weighted by Crippen LogP contribution is 2.32. The largest absolute Gasteiger partial charge is 0.481 e. The molecule has 1 aliphatic carbocycles. The van der Waals surface area contributed by atoms with Crippen molar-refractivity contribution in [1.82, 2.24) is 4.98 Å². The fourth-order valence-electron chi connectivity index (χ4n) is 2.94. The van der Waals surface area contributed by atoms with Gasteiger partial charge >= 0.3 is 0 Å². The number of nitrogens with zero attached hydrogens (tertiary/aromatic N) is 1. The number of ether oxygens (including phenoxy) is 1. The zero-order valence-corrected chi connectivity index (χ0v) is 11.6. The second-order valence-corrected chi connectivity index (χ2v) is 5.53. The minimum Gasteiger partial charge on any atom is -0.481 e. The quantitative estimate of drug-likeness (QED) is 0.882. The summed E-state index contributed by atoms with van der Waals surface area (Å²) >= 11 is 0. The summed E-state index contributed by atoms with van der Waals surface area (Å²) in [6, 6.07) is 4.56. The average molecular weight is 248 g/mol. The predicted molar refractivity (Wildman–Crippen MR) is 75.0 cm³/mol. The van der Waals surface area contributed by atoms with Crippen molar-refractivity contribution in [3.63, 3.8) is 0 Å². The zero-order valence-electron chi connectivity index (χ0n) is 11.6. The Morgan fingerprint density at radius 3 is 2.67 bits per heavy atom. The molecule has 1 N–H and O–H groups in total. The Hall–Kier alpha value is -1.25. The summed E-state index contributed by atoms with van der Waals surface area (Å²) in [4.78, 5) is 4.25. The van der Waals surface area contributed by atoms with Gasteiger partial charge in [0.15, 0.2) is 0 Å². The topological polar surface area (TPSA) is 34.1 Å². The van der Waals surface area contributed by atoms with E-state index in [0.29, 0.717) is 11.9 Å². The maximum Gasteiger partial charge on any atom is 0.213 e. The van der Waals surface area contributed by atoms with E-state index < -0.39 is 0 Å². The van der Waals surface area contributed by atoms with Crippen LogP contribution in [0.1, 0.15) is 39.5 Å². The van der Waals surface area contributed by atoms with Crippen molar-refractivity contribution < 1.29 is 4.74 Å². The van der Waals surface area contributed by atoms with Crippen molar-refractivity contribution in [3.8, 4) is 5.88 Å². The van der Waals surface area contributed by atoms with E-state index in [2.05, 4.69) is 30.2 Å². The van der Waals surface area contributed by atoms with E-state index in [0.717, 1.165) is 17.5 Å². The van der Waals surface area contributed by atoms with Crippen molar-refractivity contribution in [3.05, 3.63) is 18.3 Å². The van der Waals surface area contributed by atoms with E-state index in [4.69, 9.17) is 4.74 Å². The number of pyridine rings is 1. The van der Waals surface area contributed by atoms with Crippen molar-refractivity contribution in [2.45, 2.75) is 45.6 Å². The standard InChI is InChI=1S/C15H24N2O/c1-11(2)13-6-4-5-7-14(13)17-12-8-9-15(18-3)16-10-12/h8-11,13-14,17H,4-7H2,1-3H3. The van der Waals surface area contributed by atoms with Crippen molar-refractivity contribution in [2.24, 2.45) is 11.8 Å². The molecule has 0 saturated heterocycles. The van der Waals surface area contributed by atoms with E-state index >= 15 is 0 Å². The third-order valence-electron chi connectivity index (χ3n) is 3.97. The van der Waals surface area contributed by atoms with E-state index in [-0.39, 0.29) is 0 Å². The first-order valence-corrected chi connectivity index (χ1v) is 6.97. The minimum atomic E-state index is 0.592. The number of rotatable bonds is 4. The van der Waals surface area contributed by atoms with Crippen LogP contribution in [0.25, 0.3) is 0 Å². The Bertz CT molecular complexity index is 361. The molecular weight excluding hydrogens is 224 g/mol. The highest BCUT2D eigenvalue weighted by molar-refractivity contribution is 5.43. The van der Waals surface area contributed by atoms with Crippen LogP contribution in [0.15, 0.2) is 18.3 Å². The van der Waals surface area contributed by atoms with Crippen LogP contribution in [0.4, 0.5) is 5.69 Å². The van der Waals surface area contributed by atoms with Gasteiger partial charge in [0.25, 0.3) is 0 Å². The number of nitrogens with one attached hydrogen (secondary N) is 1. The van der Waals surface area contributed by atoms with Crippen molar-refractivity contribution in [1.29, 1.82) is 0 Å². The van der Waals surface area contributed by atoms with Crippen LogP contribution in [0.5, 0.6) is 5.88 Å². The molecule has 1 aromatic heterocycles. The Morgan fingerprint density at radius 2 is 2.06 bits per heavy atom. The summed E-state index contributed by atoms with van der Waals surface area (Å²) in [7, 11) is 1.64. The summed E-state index contributed by atoms with van der Waals surface area (Å²) in [5.74, 6) is 2.19. The van der Waals surface area contributed by atoms with Crippen LogP contribution in [0.3, 0.4) is 0 Å². The first-order chi connectivity index (χ1) is 8.70. The first kappa shape index (κ1) is 13.2. The molecule has 3 nitrogen and oxygen atoms in total. The molecule has 3 heteroatoms. The Morgan fingerprint density at radius 1 is 1.28 bits per heavy atom. The SMILES string of the molecule is COc1ccc(NC2CCCCC2C(C)C)cn1. The van der Waals surface area contributed by atoms with E-state index in [1.807, 2.05) is 12.3 Å². The van der Waals surface area contributed by atoms with Crippen LogP contribution in [-0.4, -0.2) is 18.1 Å². The van der Waals surface area contributed by atoms with Crippen molar-refractivity contribution in [2.75, 3.05) is 12.4 Å². The Kier molecular flexibility index (Phi) is 4.45. The molecule has 0 aromatic carbocycles. The lowest BCUT2D eigenvalue weighted by Crippen LogP contribution is -2.35. The van der Waals surface area contributed by atoms with Crippen LogP contribution in [0, 0.1) is 11.8 Å². The van der Waals surface area contributed by atoms with Gasteiger partial charge in [0.05, 0.1) is 19.0 Å². The highest BCUT2D eigenvalue weighted by atomic mass is 16.5.